The molecule has 3 rings (SSSR count). The van der Waals surface area contributed by atoms with Gasteiger partial charge in [0.05, 0.1) is 11.5 Å². The van der Waals surface area contributed by atoms with E-state index < -0.39 is 10.0 Å². The third-order valence-corrected chi connectivity index (χ3v) is 6.78. The molecule has 128 valence electrons. The van der Waals surface area contributed by atoms with Crippen molar-refractivity contribution in [2.75, 3.05) is 26.3 Å². The van der Waals surface area contributed by atoms with E-state index in [1.54, 1.807) is 10.4 Å². The summed E-state index contributed by atoms with van der Waals surface area (Å²) in [7, 11) is -3.41. The predicted molar refractivity (Wildman–Crippen MR) is 91.1 cm³/mol. The van der Waals surface area contributed by atoms with Crippen molar-refractivity contribution in [3.8, 4) is 0 Å². The highest BCUT2D eigenvalue weighted by molar-refractivity contribution is 7.89. The lowest BCUT2D eigenvalue weighted by Crippen LogP contribution is -2.36. The SMILES string of the molecule is CCCN(CC1CCOC1)S(=O)(=O)c1ccc2c(c1)CCCC2. The Hall–Kier alpha value is -0.910. The second-order valence-electron chi connectivity index (χ2n) is 6.73. The van der Waals surface area contributed by atoms with Crippen molar-refractivity contribution in [1.82, 2.24) is 4.31 Å². The normalized spacial score (nSPS) is 21.6. The van der Waals surface area contributed by atoms with Crippen LogP contribution in [0, 0.1) is 5.92 Å². The molecule has 1 heterocycles. The van der Waals surface area contributed by atoms with Crippen LogP contribution in [0.15, 0.2) is 23.1 Å². The van der Waals surface area contributed by atoms with Gasteiger partial charge in [0.2, 0.25) is 10.0 Å². The van der Waals surface area contributed by atoms with Gasteiger partial charge in [-0.15, -0.1) is 0 Å². The first-order valence-electron chi connectivity index (χ1n) is 8.81. The fraction of sp³-hybridized carbons (Fsp3) is 0.667. The molecule has 1 unspecified atom stereocenters. The maximum Gasteiger partial charge on any atom is 0.243 e. The van der Waals surface area contributed by atoms with Crippen LogP contribution in [0.1, 0.15) is 43.7 Å². The van der Waals surface area contributed by atoms with Gasteiger partial charge in [-0.3, -0.25) is 0 Å². The Kier molecular flexibility index (Phi) is 5.39. The molecular weight excluding hydrogens is 310 g/mol. The van der Waals surface area contributed by atoms with E-state index in [9.17, 15) is 8.42 Å². The van der Waals surface area contributed by atoms with Gasteiger partial charge in [-0.1, -0.05) is 13.0 Å². The van der Waals surface area contributed by atoms with E-state index in [1.165, 1.54) is 17.5 Å². The highest BCUT2D eigenvalue weighted by atomic mass is 32.2. The van der Waals surface area contributed by atoms with Crippen molar-refractivity contribution >= 4 is 10.0 Å². The Balaban J connectivity index is 1.84. The number of ether oxygens (including phenoxy) is 1. The van der Waals surface area contributed by atoms with Gasteiger partial charge in [0.1, 0.15) is 0 Å². The van der Waals surface area contributed by atoms with Crippen molar-refractivity contribution < 1.29 is 13.2 Å². The molecular formula is C18H27NO3S. The van der Waals surface area contributed by atoms with E-state index >= 15 is 0 Å². The summed E-state index contributed by atoms with van der Waals surface area (Å²) < 4.78 is 33.2. The lowest BCUT2D eigenvalue weighted by molar-refractivity contribution is 0.180. The monoisotopic (exact) mass is 337 g/mol. The minimum Gasteiger partial charge on any atom is -0.381 e. The largest absolute Gasteiger partial charge is 0.381 e. The minimum atomic E-state index is -3.41. The van der Waals surface area contributed by atoms with Gasteiger partial charge in [0.25, 0.3) is 0 Å². The van der Waals surface area contributed by atoms with Gasteiger partial charge < -0.3 is 4.74 Å². The molecule has 0 saturated carbocycles. The molecule has 1 aromatic rings. The number of rotatable bonds is 6. The summed E-state index contributed by atoms with van der Waals surface area (Å²) in [5.41, 5.74) is 2.54. The number of nitrogens with zero attached hydrogens (tertiary/aromatic N) is 1. The van der Waals surface area contributed by atoms with Crippen molar-refractivity contribution in [3.05, 3.63) is 29.3 Å². The molecule has 0 bridgehead atoms. The number of hydrogen-bond donors (Lipinski definition) is 0. The average Bonchev–Trinajstić information content (AvgIpc) is 3.07. The summed E-state index contributed by atoms with van der Waals surface area (Å²) in [5.74, 6) is 0.328. The fourth-order valence-corrected chi connectivity index (χ4v) is 5.25. The summed E-state index contributed by atoms with van der Waals surface area (Å²) in [6.07, 6.45) is 6.24. The van der Waals surface area contributed by atoms with Crippen LogP contribution in [0.4, 0.5) is 0 Å². The molecule has 0 N–H and O–H groups in total. The van der Waals surface area contributed by atoms with Crippen molar-refractivity contribution in [1.29, 1.82) is 0 Å². The van der Waals surface area contributed by atoms with Crippen LogP contribution in [0.25, 0.3) is 0 Å². The summed E-state index contributed by atoms with van der Waals surface area (Å²) in [6.45, 7) is 4.62. The summed E-state index contributed by atoms with van der Waals surface area (Å²) in [4.78, 5) is 0.463. The zero-order chi connectivity index (χ0) is 16.3. The van der Waals surface area contributed by atoms with Gasteiger partial charge in [0, 0.05) is 19.7 Å². The fourth-order valence-electron chi connectivity index (χ4n) is 3.59. The Morgan fingerprint density at radius 3 is 2.70 bits per heavy atom. The van der Waals surface area contributed by atoms with Gasteiger partial charge in [-0.25, -0.2) is 8.42 Å². The smallest absolute Gasteiger partial charge is 0.243 e. The van der Waals surface area contributed by atoms with Crippen LogP contribution in [0.2, 0.25) is 0 Å². The molecule has 1 atom stereocenters. The van der Waals surface area contributed by atoms with Gasteiger partial charge in [-0.2, -0.15) is 4.31 Å². The van der Waals surface area contributed by atoms with Crippen LogP contribution in [0.3, 0.4) is 0 Å². The van der Waals surface area contributed by atoms with Crippen LogP contribution in [-0.2, 0) is 27.6 Å². The molecule has 1 aromatic carbocycles. The van der Waals surface area contributed by atoms with Crippen molar-refractivity contribution in [3.63, 3.8) is 0 Å². The first-order chi connectivity index (χ1) is 11.1. The molecule has 1 fully saturated rings. The number of hydrogen-bond acceptors (Lipinski definition) is 3. The lowest BCUT2D eigenvalue weighted by atomic mass is 9.92. The second-order valence-corrected chi connectivity index (χ2v) is 8.67. The molecule has 1 aliphatic heterocycles. The van der Waals surface area contributed by atoms with E-state index in [1.807, 2.05) is 19.1 Å². The second kappa shape index (κ2) is 7.32. The van der Waals surface area contributed by atoms with Gasteiger partial charge >= 0.3 is 0 Å². The lowest BCUT2D eigenvalue weighted by Gasteiger charge is -2.25. The van der Waals surface area contributed by atoms with E-state index in [2.05, 4.69) is 0 Å². The maximum atomic E-state index is 13.1. The van der Waals surface area contributed by atoms with Crippen LogP contribution < -0.4 is 0 Å². The van der Waals surface area contributed by atoms with Gasteiger partial charge in [0.15, 0.2) is 0 Å². The zero-order valence-electron chi connectivity index (χ0n) is 14.0. The highest BCUT2D eigenvalue weighted by Crippen LogP contribution is 2.27. The van der Waals surface area contributed by atoms with Crippen LogP contribution in [-0.4, -0.2) is 39.0 Å². The minimum absolute atomic E-state index is 0.328. The summed E-state index contributed by atoms with van der Waals surface area (Å²) >= 11 is 0. The molecule has 1 aliphatic carbocycles. The number of benzene rings is 1. The van der Waals surface area contributed by atoms with Crippen molar-refractivity contribution in [2.45, 2.75) is 50.3 Å². The highest BCUT2D eigenvalue weighted by Gasteiger charge is 2.29. The summed E-state index contributed by atoms with van der Waals surface area (Å²) in [6, 6.07) is 5.73. The number of sulfonamides is 1. The summed E-state index contributed by atoms with van der Waals surface area (Å²) in [5, 5.41) is 0. The third kappa shape index (κ3) is 3.78. The average molecular weight is 337 g/mol. The first kappa shape index (κ1) is 16.9. The van der Waals surface area contributed by atoms with E-state index in [0.717, 1.165) is 38.7 Å². The topological polar surface area (TPSA) is 46.6 Å². The Morgan fingerprint density at radius 1 is 1.22 bits per heavy atom. The molecule has 0 aromatic heterocycles. The van der Waals surface area contributed by atoms with Gasteiger partial charge in [-0.05, 0) is 67.7 Å². The van der Waals surface area contributed by atoms with E-state index in [0.29, 0.717) is 30.5 Å². The first-order valence-corrected chi connectivity index (χ1v) is 10.2. The van der Waals surface area contributed by atoms with E-state index in [-0.39, 0.29) is 0 Å². The number of aryl methyl sites for hydroxylation is 2. The van der Waals surface area contributed by atoms with Crippen molar-refractivity contribution in [2.24, 2.45) is 5.92 Å². The number of fused-ring (bicyclic) bond motifs is 1. The quantitative estimate of drug-likeness (QED) is 0.802. The molecule has 23 heavy (non-hydrogen) atoms. The molecule has 0 radical (unpaired) electrons. The Morgan fingerprint density at radius 2 is 2.00 bits per heavy atom. The van der Waals surface area contributed by atoms with Crippen LogP contribution in [0.5, 0.6) is 0 Å². The molecule has 2 aliphatic rings. The molecule has 4 nitrogen and oxygen atoms in total. The van der Waals surface area contributed by atoms with Crippen LogP contribution >= 0.6 is 0 Å². The Labute approximate surface area is 139 Å². The third-order valence-electron chi connectivity index (χ3n) is 4.92. The predicted octanol–water partition coefficient (Wildman–Crippen LogP) is 3.00. The molecule has 0 amide bonds. The van der Waals surface area contributed by atoms with E-state index in [4.69, 9.17) is 4.74 Å². The molecule has 1 saturated heterocycles. The maximum absolute atomic E-state index is 13.1. The zero-order valence-corrected chi connectivity index (χ0v) is 14.8. The molecule has 5 heteroatoms. The molecule has 0 spiro atoms. The Bertz CT molecular complexity index is 636. The standard InChI is InChI=1S/C18H27NO3S/c1-2-10-19(13-15-9-11-22-14-15)23(20,21)18-8-7-16-5-3-4-6-17(16)12-18/h7-8,12,15H,2-6,9-11,13-14H2,1H3.